The molecule has 14 rings (SSSR count). The van der Waals surface area contributed by atoms with Crippen molar-refractivity contribution in [3.8, 4) is 61.9 Å². The first-order valence-electron chi connectivity index (χ1n) is 21.9. The third kappa shape index (κ3) is 5.11. The molecular weight excluding hydrogens is 779 g/mol. The lowest BCUT2D eigenvalue weighted by Gasteiger charge is -2.20. The predicted molar refractivity (Wildman–Crippen MR) is 266 cm³/mol. The minimum absolute atomic E-state index is 0.877. The average molecular weight is 816 g/mol. The first kappa shape index (κ1) is 35.0. The van der Waals surface area contributed by atoms with Crippen LogP contribution in [0.25, 0.3) is 116 Å². The Morgan fingerprint density at radius 2 is 0.672 bits per heavy atom. The molecule has 0 aliphatic carbocycles. The Balaban J connectivity index is 0.904. The lowest BCUT2D eigenvalue weighted by atomic mass is 9.99. The number of nitrogens with zero attached hydrogens (tertiary/aromatic N) is 3. The maximum absolute atomic E-state index is 6.38. The summed E-state index contributed by atoms with van der Waals surface area (Å²) in [6, 6.07) is 81.6. The van der Waals surface area contributed by atoms with E-state index in [1.54, 1.807) is 0 Å². The van der Waals surface area contributed by atoms with E-state index in [-0.39, 0.29) is 0 Å². The zero-order chi connectivity index (χ0) is 41.9. The number of ether oxygens (including phenoxy) is 1. The standard InChI is InChI=1S/C60H37N3O/c1-3-12-38(13-4-1)40-24-30-54-50(35-40)51-37-43(42-26-31-53-48(36-42)46-16-7-8-18-52(46)61(53)44-14-5-2-6-15-44)27-32-55(51)62(54)45-28-22-39(23-29-45)41-25-33-56-49(34-41)47-17-11-21-59-60(47)63(56)57-19-9-10-20-58(57)64-59/h1-37H. The molecule has 0 unspecified atom stereocenters. The SMILES string of the molecule is c1ccc(-c2ccc3c(c2)c2cc(-c4ccc5c(c4)c4ccccc4n5-c4ccccc4)ccc2n3-c2ccc(-c3ccc4c(c3)c3cccc5c3n4-c3ccccc3O5)cc2)cc1. The Kier molecular flexibility index (Phi) is 7.36. The third-order valence-electron chi connectivity index (χ3n) is 13.4. The van der Waals surface area contributed by atoms with Crippen molar-refractivity contribution >= 4 is 65.4 Å². The Bertz CT molecular complexity index is 4020. The van der Waals surface area contributed by atoms with E-state index >= 15 is 0 Å². The number of rotatable bonds is 5. The summed E-state index contributed by atoms with van der Waals surface area (Å²) < 4.78 is 13.5. The van der Waals surface area contributed by atoms with Crippen LogP contribution in [0.15, 0.2) is 224 Å². The molecule has 4 heteroatoms. The van der Waals surface area contributed by atoms with Crippen molar-refractivity contribution < 1.29 is 4.74 Å². The van der Waals surface area contributed by atoms with Gasteiger partial charge in [-0.15, -0.1) is 0 Å². The second kappa shape index (κ2) is 13.4. The smallest absolute Gasteiger partial charge is 0.152 e. The molecule has 0 saturated carbocycles. The van der Waals surface area contributed by atoms with E-state index < -0.39 is 0 Å². The van der Waals surface area contributed by atoms with Gasteiger partial charge in [0, 0.05) is 43.7 Å². The van der Waals surface area contributed by atoms with E-state index in [0.717, 1.165) is 28.4 Å². The second-order valence-corrected chi connectivity index (χ2v) is 16.9. The van der Waals surface area contributed by atoms with E-state index in [2.05, 4.69) is 226 Å². The first-order valence-corrected chi connectivity index (χ1v) is 21.9. The number of hydrogen-bond donors (Lipinski definition) is 0. The molecule has 3 aromatic heterocycles. The zero-order valence-corrected chi connectivity index (χ0v) is 34.6. The Hall–Kier alpha value is -8.60. The lowest BCUT2D eigenvalue weighted by molar-refractivity contribution is 0.476. The van der Waals surface area contributed by atoms with Gasteiger partial charge in [-0.2, -0.15) is 0 Å². The fourth-order valence-electron chi connectivity index (χ4n) is 10.5. The molecule has 13 aromatic rings. The van der Waals surface area contributed by atoms with Gasteiger partial charge < -0.3 is 18.4 Å². The molecule has 64 heavy (non-hydrogen) atoms. The summed E-state index contributed by atoms with van der Waals surface area (Å²) in [4.78, 5) is 0. The van der Waals surface area contributed by atoms with E-state index in [4.69, 9.17) is 4.74 Å². The van der Waals surface area contributed by atoms with Crippen LogP contribution >= 0.6 is 0 Å². The van der Waals surface area contributed by atoms with Crippen LogP contribution < -0.4 is 4.74 Å². The van der Waals surface area contributed by atoms with Gasteiger partial charge in [-0.05, 0) is 130 Å². The zero-order valence-electron chi connectivity index (χ0n) is 34.6. The van der Waals surface area contributed by atoms with Crippen molar-refractivity contribution in [2.75, 3.05) is 0 Å². The van der Waals surface area contributed by atoms with E-state index in [9.17, 15) is 0 Å². The van der Waals surface area contributed by atoms with Crippen LogP contribution in [0.5, 0.6) is 11.5 Å². The van der Waals surface area contributed by atoms with Gasteiger partial charge in [0.25, 0.3) is 0 Å². The van der Waals surface area contributed by atoms with Gasteiger partial charge in [-0.1, -0.05) is 127 Å². The molecule has 0 amide bonds. The van der Waals surface area contributed by atoms with Gasteiger partial charge in [0.15, 0.2) is 11.5 Å². The van der Waals surface area contributed by atoms with E-state index in [0.29, 0.717) is 0 Å². The summed E-state index contributed by atoms with van der Waals surface area (Å²) in [7, 11) is 0. The van der Waals surface area contributed by atoms with E-state index in [1.807, 2.05) is 12.1 Å². The molecule has 10 aromatic carbocycles. The van der Waals surface area contributed by atoms with Crippen LogP contribution in [0.1, 0.15) is 0 Å². The Morgan fingerprint density at radius 1 is 0.250 bits per heavy atom. The molecule has 0 fully saturated rings. The fraction of sp³-hybridized carbons (Fsp3) is 0. The van der Waals surface area contributed by atoms with Crippen LogP contribution in [0.4, 0.5) is 0 Å². The van der Waals surface area contributed by atoms with E-state index in [1.165, 1.54) is 99.0 Å². The summed E-state index contributed by atoms with van der Waals surface area (Å²) >= 11 is 0. The molecule has 298 valence electrons. The van der Waals surface area contributed by atoms with Crippen LogP contribution in [-0.2, 0) is 0 Å². The normalized spacial score (nSPS) is 12.2. The number of fused-ring (bicyclic) bond motifs is 11. The van der Waals surface area contributed by atoms with Crippen LogP contribution in [0.2, 0.25) is 0 Å². The van der Waals surface area contributed by atoms with Crippen LogP contribution in [0, 0.1) is 0 Å². The van der Waals surface area contributed by atoms with Crippen molar-refractivity contribution in [1.82, 2.24) is 13.7 Å². The molecule has 4 nitrogen and oxygen atoms in total. The maximum atomic E-state index is 6.38. The average Bonchev–Trinajstić information content (AvgIpc) is 4.00. The number of aromatic nitrogens is 3. The van der Waals surface area contributed by atoms with Gasteiger partial charge in [0.1, 0.15) is 0 Å². The summed E-state index contributed by atoms with van der Waals surface area (Å²) in [5.41, 5.74) is 17.6. The molecule has 1 aliphatic heterocycles. The second-order valence-electron chi connectivity index (χ2n) is 16.9. The Labute approximate surface area is 368 Å². The molecular formula is C60H37N3O. The highest BCUT2D eigenvalue weighted by Gasteiger charge is 2.24. The van der Waals surface area contributed by atoms with Crippen LogP contribution in [0.3, 0.4) is 0 Å². The van der Waals surface area contributed by atoms with Crippen molar-refractivity contribution in [3.63, 3.8) is 0 Å². The lowest BCUT2D eigenvalue weighted by Crippen LogP contribution is -2.03. The number of para-hydroxylation sites is 5. The minimum atomic E-state index is 0.877. The van der Waals surface area contributed by atoms with Crippen molar-refractivity contribution in [1.29, 1.82) is 0 Å². The van der Waals surface area contributed by atoms with Gasteiger partial charge in [-0.25, -0.2) is 0 Å². The topological polar surface area (TPSA) is 24.0 Å². The molecule has 4 heterocycles. The van der Waals surface area contributed by atoms with Gasteiger partial charge in [0.2, 0.25) is 0 Å². The molecule has 0 bridgehead atoms. The third-order valence-corrected chi connectivity index (χ3v) is 13.4. The van der Waals surface area contributed by atoms with Gasteiger partial charge in [-0.3, -0.25) is 0 Å². The van der Waals surface area contributed by atoms with Crippen LogP contribution in [-0.4, -0.2) is 13.7 Å². The largest absolute Gasteiger partial charge is 0.453 e. The quantitative estimate of drug-likeness (QED) is 0.170. The maximum Gasteiger partial charge on any atom is 0.152 e. The fourth-order valence-corrected chi connectivity index (χ4v) is 10.5. The highest BCUT2D eigenvalue weighted by atomic mass is 16.5. The predicted octanol–water partition coefficient (Wildman–Crippen LogP) is 16.1. The van der Waals surface area contributed by atoms with Gasteiger partial charge >= 0.3 is 0 Å². The molecule has 0 N–H and O–H groups in total. The van der Waals surface area contributed by atoms with Crippen molar-refractivity contribution in [2.24, 2.45) is 0 Å². The molecule has 0 saturated heterocycles. The molecule has 0 radical (unpaired) electrons. The Morgan fingerprint density at radius 3 is 1.33 bits per heavy atom. The monoisotopic (exact) mass is 815 g/mol. The summed E-state index contributed by atoms with van der Waals surface area (Å²) in [6.07, 6.45) is 0. The summed E-state index contributed by atoms with van der Waals surface area (Å²) in [6.45, 7) is 0. The highest BCUT2D eigenvalue weighted by molar-refractivity contribution is 6.15. The highest BCUT2D eigenvalue weighted by Crippen LogP contribution is 2.46. The minimum Gasteiger partial charge on any atom is -0.453 e. The van der Waals surface area contributed by atoms with Crippen molar-refractivity contribution in [3.05, 3.63) is 224 Å². The number of hydrogen-bond acceptors (Lipinski definition) is 1. The molecule has 1 aliphatic rings. The van der Waals surface area contributed by atoms with Crippen molar-refractivity contribution in [2.45, 2.75) is 0 Å². The number of benzene rings is 10. The summed E-state index contributed by atoms with van der Waals surface area (Å²) in [5.74, 6) is 1.77. The molecule has 0 spiro atoms. The first-order chi connectivity index (χ1) is 31.7. The summed E-state index contributed by atoms with van der Waals surface area (Å²) in [5, 5.41) is 7.37. The molecule has 0 atom stereocenters. The van der Waals surface area contributed by atoms with Gasteiger partial charge in [0.05, 0.1) is 38.8 Å².